The van der Waals surface area contributed by atoms with E-state index >= 15 is 0 Å². The predicted octanol–water partition coefficient (Wildman–Crippen LogP) is 4.48. The largest absolute Gasteiger partial charge is 0.296 e. The van der Waals surface area contributed by atoms with E-state index in [1.807, 2.05) is 6.20 Å². The van der Waals surface area contributed by atoms with Crippen LogP contribution in [0, 0.1) is 0 Å². The molecule has 0 spiro atoms. The average molecular weight is 381 g/mol. The molecule has 2 unspecified atom stereocenters. The number of hydrogen-bond donors (Lipinski definition) is 0. The molecule has 0 saturated heterocycles. The molecule has 0 fully saturated rings. The monoisotopic (exact) mass is 380 g/mol. The first-order valence-electron chi connectivity index (χ1n) is 10.9. The van der Waals surface area contributed by atoms with Crippen molar-refractivity contribution in [2.75, 3.05) is 13.1 Å². The standard InChI is InChI=1S/C13H19N.C11H17N3/c1-3-11(2)14-9-8-12-6-4-5-7-13(12)10-14;1-3-9(2)14-5-4-11-10(7-14)6-12-8-13-11/h4-7,11H,3,8-10H2,1-2H3;6,8-9H,3-5,7H2,1-2H3. The highest BCUT2D eigenvalue weighted by molar-refractivity contribution is 5.29. The van der Waals surface area contributed by atoms with Crippen LogP contribution in [-0.2, 0) is 25.9 Å². The van der Waals surface area contributed by atoms with Crippen molar-refractivity contribution in [3.8, 4) is 0 Å². The van der Waals surface area contributed by atoms with Gasteiger partial charge in [-0.2, -0.15) is 0 Å². The maximum atomic E-state index is 4.30. The Hall–Kier alpha value is -1.78. The van der Waals surface area contributed by atoms with Gasteiger partial charge in [0.05, 0.1) is 0 Å². The molecule has 2 aliphatic rings. The molecule has 1 aromatic heterocycles. The van der Waals surface area contributed by atoms with Crippen LogP contribution >= 0.6 is 0 Å². The van der Waals surface area contributed by atoms with Crippen LogP contribution in [0.4, 0.5) is 0 Å². The molecule has 28 heavy (non-hydrogen) atoms. The number of aromatic nitrogens is 2. The molecular weight excluding hydrogens is 344 g/mol. The highest BCUT2D eigenvalue weighted by Gasteiger charge is 2.20. The van der Waals surface area contributed by atoms with Gasteiger partial charge in [-0.25, -0.2) is 9.97 Å². The summed E-state index contributed by atoms with van der Waals surface area (Å²) in [5.74, 6) is 0. The molecule has 4 rings (SSSR count). The Labute approximate surface area is 171 Å². The molecule has 0 aliphatic carbocycles. The molecule has 2 aromatic rings. The number of fused-ring (bicyclic) bond motifs is 2. The van der Waals surface area contributed by atoms with Gasteiger partial charge in [0, 0.05) is 62.1 Å². The second kappa shape index (κ2) is 10.1. The summed E-state index contributed by atoms with van der Waals surface area (Å²) in [5, 5.41) is 0. The Kier molecular flexibility index (Phi) is 7.57. The van der Waals surface area contributed by atoms with Crippen LogP contribution in [0.3, 0.4) is 0 Å². The summed E-state index contributed by atoms with van der Waals surface area (Å²) in [6.45, 7) is 13.6. The van der Waals surface area contributed by atoms with E-state index < -0.39 is 0 Å². The lowest BCUT2D eigenvalue weighted by Gasteiger charge is -2.33. The summed E-state index contributed by atoms with van der Waals surface area (Å²) in [6, 6.07) is 10.2. The minimum Gasteiger partial charge on any atom is -0.296 e. The smallest absolute Gasteiger partial charge is 0.115 e. The Balaban J connectivity index is 0.000000161. The van der Waals surface area contributed by atoms with E-state index in [2.05, 4.69) is 71.7 Å². The zero-order valence-electron chi connectivity index (χ0n) is 18.1. The topological polar surface area (TPSA) is 32.3 Å². The van der Waals surface area contributed by atoms with Crippen molar-refractivity contribution in [2.45, 2.75) is 78.6 Å². The van der Waals surface area contributed by atoms with Gasteiger partial charge in [-0.15, -0.1) is 0 Å². The van der Waals surface area contributed by atoms with Crippen LogP contribution in [-0.4, -0.2) is 44.9 Å². The Morgan fingerprint density at radius 1 is 0.857 bits per heavy atom. The fourth-order valence-electron chi connectivity index (χ4n) is 4.07. The zero-order chi connectivity index (χ0) is 19.9. The predicted molar refractivity (Wildman–Crippen MR) is 116 cm³/mol. The van der Waals surface area contributed by atoms with Crippen LogP contribution in [0.5, 0.6) is 0 Å². The zero-order valence-corrected chi connectivity index (χ0v) is 18.1. The third-order valence-corrected chi connectivity index (χ3v) is 6.48. The number of hydrogen-bond acceptors (Lipinski definition) is 4. The van der Waals surface area contributed by atoms with Crippen molar-refractivity contribution >= 4 is 0 Å². The van der Waals surface area contributed by atoms with E-state index in [0.717, 1.165) is 32.1 Å². The van der Waals surface area contributed by atoms with E-state index in [4.69, 9.17) is 0 Å². The highest BCUT2D eigenvalue weighted by atomic mass is 15.2. The molecule has 4 nitrogen and oxygen atoms in total. The molecule has 3 heterocycles. The molecule has 1 aromatic carbocycles. The van der Waals surface area contributed by atoms with Crippen LogP contribution < -0.4 is 0 Å². The molecule has 2 atom stereocenters. The number of benzene rings is 1. The highest BCUT2D eigenvalue weighted by Crippen LogP contribution is 2.21. The van der Waals surface area contributed by atoms with E-state index in [9.17, 15) is 0 Å². The van der Waals surface area contributed by atoms with Gasteiger partial charge in [-0.05, 0) is 44.2 Å². The summed E-state index contributed by atoms with van der Waals surface area (Å²) in [5.41, 5.74) is 5.62. The lowest BCUT2D eigenvalue weighted by Crippen LogP contribution is -2.37. The SMILES string of the molecule is CCC(C)N1CCc2ccccc2C1.CCC(C)N1CCc2ncncc2C1. The summed E-state index contributed by atoms with van der Waals surface area (Å²) >= 11 is 0. The van der Waals surface area contributed by atoms with Crippen molar-refractivity contribution in [1.82, 2.24) is 19.8 Å². The van der Waals surface area contributed by atoms with E-state index in [1.54, 1.807) is 11.9 Å². The maximum Gasteiger partial charge on any atom is 0.115 e. The van der Waals surface area contributed by atoms with Gasteiger partial charge in [-0.3, -0.25) is 9.80 Å². The van der Waals surface area contributed by atoms with Crippen molar-refractivity contribution < 1.29 is 0 Å². The molecule has 0 saturated carbocycles. The Morgan fingerprint density at radius 3 is 2.14 bits per heavy atom. The summed E-state index contributed by atoms with van der Waals surface area (Å²) < 4.78 is 0. The minimum atomic E-state index is 0.670. The number of rotatable bonds is 4. The van der Waals surface area contributed by atoms with Crippen molar-refractivity contribution in [1.29, 1.82) is 0 Å². The van der Waals surface area contributed by atoms with E-state index in [-0.39, 0.29) is 0 Å². The van der Waals surface area contributed by atoms with E-state index in [1.165, 1.54) is 42.6 Å². The van der Waals surface area contributed by atoms with Gasteiger partial charge in [0.25, 0.3) is 0 Å². The molecule has 0 bridgehead atoms. The molecule has 0 radical (unpaired) electrons. The van der Waals surface area contributed by atoms with E-state index in [0.29, 0.717) is 6.04 Å². The Morgan fingerprint density at radius 2 is 1.46 bits per heavy atom. The second-order valence-electron chi connectivity index (χ2n) is 8.22. The van der Waals surface area contributed by atoms with Gasteiger partial charge < -0.3 is 0 Å². The van der Waals surface area contributed by atoms with Gasteiger partial charge in [0.1, 0.15) is 6.33 Å². The van der Waals surface area contributed by atoms with Crippen molar-refractivity contribution in [3.05, 3.63) is 59.2 Å². The first-order valence-corrected chi connectivity index (χ1v) is 10.9. The van der Waals surface area contributed by atoms with Crippen molar-refractivity contribution in [3.63, 3.8) is 0 Å². The van der Waals surface area contributed by atoms with Gasteiger partial charge in [0.15, 0.2) is 0 Å². The molecular formula is C24H36N4. The van der Waals surface area contributed by atoms with Gasteiger partial charge in [0.2, 0.25) is 0 Å². The fourth-order valence-corrected chi connectivity index (χ4v) is 4.07. The molecule has 0 N–H and O–H groups in total. The van der Waals surface area contributed by atoms with Crippen LogP contribution in [0.2, 0.25) is 0 Å². The first-order chi connectivity index (χ1) is 13.6. The minimum absolute atomic E-state index is 0.670. The van der Waals surface area contributed by atoms with Crippen LogP contribution in [0.25, 0.3) is 0 Å². The fraction of sp³-hybridized carbons (Fsp3) is 0.583. The molecule has 4 heteroatoms. The molecule has 152 valence electrons. The van der Waals surface area contributed by atoms with Crippen LogP contribution in [0.1, 0.15) is 62.9 Å². The summed E-state index contributed by atoms with van der Waals surface area (Å²) in [6.07, 6.45) is 8.36. The molecule has 2 aliphatic heterocycles. The molecule has 0 amide bonds. The second-order valence-corrected chi connectivity index (χ2v) is 8.22. The summed E-state index contributed by atoms with van der Waals surface area (Å²) in [7, 11) is 0. The average Bonchev–Trinajstić information content (AvgIpc) is 2.77. The third-order valence-electron chi connectivity index (χ3n) is 6.48. The third kappa shape index (κ3) is 5.18. The lowest BCUT2D eigenvalue weighted by atomic mass is 9.98. The lowest BCUT2D eigenvalue weighted by molar-refractivity contribution is 0.184. The Bertz CT molecular complexity index is 681. The maximum absolute atomic E-state index is 4.30. The van der Waals surface area contributed by atoms with Crippen LogP contribution in [0.15, 0.2) is 36.8 Å². The van der Waals surface area contributed by atoms with Gasteiger partial charge >= 0.3 is 0 Å². The van der Waals surface area contributed by atoms with Crippen molar-refractivity contribution in [2.24, 2.45) is 0 Å². The number of nitrogens with zero attached hydrogens (tertiary/aromatic N) is 4. The normalized spacial score (nSPS) is 19.0. The first kappa shape index (κ1) is 20.9. The van der Waals surface area contributed by atoms with Gasteiger partial charge in [-0.1, -0.05) is 38.1 Å². The quantitative estimate of drug-likeness (QED) is 0.783. The summed E-state index contributed by atoms with van der Waals surface area (Å²) in [4.78, 5) is 13.5.